The number of ether oxygens (including phenoxy) is 2. The zero-order valence-electron chi connectivity index (χ0n) is 14.8. The molecule has 1 heterocycles. The summed E-state index contributed by atoms with van der Waals surface area (Å²) >= 11 is 0. The monoisotopic (exact) mass is 348 g/mol. The lowest BCUT2D eigenvalue weighted by Gasteiger charge is -2.21. The van der Waals surface area contributed by atoms with Gasteiger partial charge >= 0.3 is 0 Å². The minimum absolute atomic E-state index is 0.00712. The lowest BCUT2D eigenvalue weighted by molar-refractivity contribution is -0.862. The molecule has 2 aliphatic rings. The standard InChI is InChI=1S/C18H25N3O4/c1-12(13-3-6-15-16(9-13)25-8-7-24-15)19-17(22)10-21(2)11-18(23)20-14-4-5-14/h3,6,9,12,14H,4-5,7-8,10-11H2,1-2H3,(H,19,22)(H,20,23)/p+1/t12-/m1/s1. The number of nitrogens with one attached hydrogen (secondary N) is 3. The van der Waals surface area contributed by atoms with Gasteiger partial charge in [0, 0.05) is 6.04 Å². The first kappa shape index (κ1) is 17.5. The summed E-state index contributed by atoms with van der Waals surface area (Å²) in [6.45, 7) is 3.59. The van der Waals surface area contributed by atoms with Crippen LogP contribution >= 0.6 is 0 Å². The maximum Gasteiger partial charge on any atom is 0.275 e. The number of carbonyl (C=O) groups excluding carboxylic acids is 2. The number of rotatable bonds is 7. The van der Waals surface area contributed by atoms with E-state index in [1.54, 1.807) is 0 Å². The molecule has 3 rings (SSSR count). The van der Waals surface area contributed by atoms with Crippen LogP contribution in [0, 0.1) is 0 Å². The van der Waals surface area contributed by atoms with Crippen molar-refractivity contribution in [2.24, 2.45) is 0 Å². The predicted octanol–water partition coefficient (Wildman–Crippen LogP) is -0.572. The summed E-state index contributed by atoms with van der Waals surface area (Å²) < 4.78 is 11.1. The fourth-order valence-electron chi connectivity index (χ4n) is 2.82. The van der Waals surface area contributed by atoms with Crippen molar-refractivity contribution in [1.29, 1.82) is 0 Å². The molecule has 2 atom stereocenters. The van der Waals surface area contributed by atoms with Crippen LogP contribution in [0.3, 0.4) is 0 Å². The summed E-state index contributed by atoms with van der Waals surface area (Å²) in [5, 5.41) is 5.91. The van der Waals surface area contributed by atoms with E-state index < -0.39 is 0 Å². The summed E-state index contributed by atoms with van der Waals surface area (Å²) in [5.74, 6) is 1.37. The van der Waals surface area contributed by atoms with E-state index in [0.717, 1.165) is 29.1 Å². The summed E-state index contributed by atoms with van der Waals surface area (Å²) in [4.78, 5) is 24.9. The van der Waals surface area contributed by atoms with Gasteiger partial charge in [-0.05, 0) is 37.5 Å². The third-order valence-corrected chi connectivity index (χ3v) is 4.31. The first-order chi connectivity index (χ1) is 12.0. The maximum atomic E-state index is 12.2. The minimum atomic E-state index is -0.142. The van der Waals surface area contributed by atoms with Crippen molar-refractivity contribution in [3.63, 3.8) is 0 Å². The quantitative estimate of drug-likeness (QED) is 0.616. The molecular weight excluding hydrogens is 322 g/mol. The Kier molecular flexibility index (Phi) is 5.43. The van der Waals surface area contributed by atoms with Gasteiger partial charge < -0.3 is 25.0 Å². The molecule has 25 heavy (non-hydrogen) atoms. The molecular formula is C18H26N3O4+. The van der Waals surface area contributed by atoms with Gasteiger partial charge in [-0.2, -0.15) is 0 Å². The molecule has 1 saturated carbocycles. The van der Waals surface area contributed by atoms with Crippen LogP contribution in [0.5, 0.6) is 11.5 Å². The van der Waals surface area contributed by atoms with Gasteiger partial charge in [0.15, 0.2) is 24.6 Å². The highest BCUT2D eigenvalue weighted by Gasteiger charge is 2.25. The Morgan fingerprint density at radius 3 is 2.56 bits per heavy atom. The smallest absolute Gasteiger partial charge is 0.275 e. The van der Waals surface area contributed by atoms with E-state index >= 15 is 0 Å². The summed E-state index contributed by atoms with van der Waals surface area (Å²) in [6, 6.07) is 5.91. The maximum absolute atomic E-state index is 12.2. The van der Waals surface area contributed by atoms with Gasteiger partial charge in [0.05, 0.1) is 13.1 Å². The molecule has 0 aromatic heterocycles. The Morgan fingerprint density at radius 2 is 1.84 bits per heavy atom. The highest BCUT2D eigenvalue weighted by Crippen LogP contribution is 2.32. The number of quaternary nitrogens is 1. The average Bonchev–Trinajstić information content (AvgIpc) is 3.37. The van der Waals surface area contributed by atoms with E-state index in [1.807, 2.05) is 32.2 Å². The topological polar surface area (TPSA) is 81.1 Å². The molecule has 0 spiro atoms. The van der Waals surface area contributed by atoms with Crippen molar-refractivity contribution in [3.8, 4) is 11.5 Å². The number of benzene rings is 1. The zero-order valence-corrected chi connectivity index (χ0v) is 14.8. The number of likely N-dealkylation sites (N-methyl/N-ethyl adjacent to an activating group) is 1. The van der Waals surface area contributed by atoms with Crippen LogP contribution in [0.1, 0.15) is 31.4 Å². The molecule has 136 valence electrons. The molecule has 3 N–H and O–H groups in total. The van der Waals surface area contributed by atoms with Crippen LogP contribution in [-0.4, -0.2) is 51.2 Å². The van der Waals surface area contributed by atoms with Gasteiger partial charge in [-0.3, -0.25) is 9.59 Å². The molecule has 0 saturated heterocycles. The molecule has 7 heteroatoms. The lowest BCUT2D eigenvalue weighted by Crippen LogP contribution is -3.11. The Morgan fingerprint density at radius 1 is 1.16 bits per heavy atom. The third-order valence-electron chi connectivity index (χ3n) is 4.31. The molecule has 0 bridgehead atoms. The Bertz CT molecular complexity index is 645. The number of hydrogen-bond acceptors (Lipinski definition) is 4. The van der Waals surface area contributed by atoms with E-state index in [9.17, 15) is 9.59 Å². The SMILES string of the molecule is C[C@@H](NC(=O)C[NH+](C)CC(=O)NC1CC1)c1ccc2c(c1)OCCO2. The van der Waals surface area contributed by atoms with Crippen LogP contribution in [0.15, 0.2) is 18.2 Å². The first-order valence-electron chi connectivity index (χ1n) is 8.81. The van der Waals surface area contributed by atoms with Crippen LogP contribution < -0.4 is 25.0 Å². The van der Waals surface area contributed by atoms with Crippen molar-refractivity contribution < 1.29 is 24.0 Å². The second kappa shape index (κ2) is 7.74. The Hall–Kier alpha value is -2.28. The van der Waals surface area contributed by atoms with Crippen molar-refractivity contribution in [3.05, 3.63) is 23.8 Å². The van der Waals surface area contributed by atoms with Gasteiger partial charge in [-0.15, -0.1) is 0 Å². The average molecular weight is 348 g/mol. The fourth-order valence-corrected chi connectivity index (χ4v) is 2.82. The lowest BCUT2D eigenvalue weighted by atomic mass is 10.1. The van der Waals surface area contributed by atoms with Crippen molar-refractivity contribution >= 4 is 11.8 Å². The third kappa shape index (κ3) is 5.09. The summed E-state index contributed by atoms with van der Waals surface area (Å²) in [5.41, 5.74) is 0.960. The molecule has 2 amide bonds. The van der Waals surface area contributed by atoms with Gasteiger partial charge in [0.2, 0.25) is 0 Å². The van der Waals surface area contributed by atoms with Gasteiger partial charge in [-0.25, -0.2) is 0 Å². The molecule has 7 nitrogen and oxygen atoms in total. The number of hydrogen-bond donors (Lipinski definition) is 3. The van der Waals surface area contributed by atoms with Crippen LogP contribution in [0.4, 0.5) is 0 Å². The van der Waals surface area contributed by atoms with Crippen LogP contribution in [0.25, 0.3) is 0 Å². The van der Waals surface area contributed by atoms with Crippen LogP contribution in [0.2, 0.25) is 0 Å². The Balaban J connectivity index is 1.47. The zero-order chi connectivity index (χ0) is 17.8. The van der Waals surface area contributed by atoms with E-state index in [0.29, 0.717) is 31.5 Å². The normalized spacial score (nSPS) is 18.2. The Labute approximate surface area is 147 Å². The molecule has 1 fully saturated rings. The number of amides is 2. The highest BCUT2D eigenvalue weighted by molar-refractivity contribution is 5.79. The summed E-state index contributed by atoms with van der Waals surface area (Å²) in [7, 11) is 1.85. The number of carbonyl (C=O) groups is 2. The number of fused-ring (bicyclic) bond motifs is 1. The predicted molar refractivity (Wildman–Crippen MR) is 91.8 cm³/mol. The van der Waals surface area contributed by atoms with Crippen LogP contribution in [-0.2, 0) is 9.59 Å². The van der Waals surface area contributed by atoms with E-state index in [-0.39, 0.29) is 24.4 Å². The fraction of sp³-hybridized carbons (Fsp3) is 0.556. The minimum Gasteiger partial charge on any atom is -0.486 e. The molecule has 1 aliphatic carbocycles. The van der Waals surface area contributed by atoms with Crippen molar-refractivity contribution in [2.45, 2.75) is 31.8 Å². The van der Waals surface area contributed by atoms with E-state index in [1.165, 1.54) is 0 Å². The van der Waals surface area contributed by atoms with Gasteiger partial charge in [0.1, 0.15) is 13.2 Å². The first-order valence-corrected chi connectivity index (χ1v) is 8.81. The molecule has 1 aliphatic heterocycles. The second-order valence-electron chi connectivity index (χ2n) is 6.84. The summed E-state index contributed by atoms with van der Waals surface area (Å²) in [6.07, 6.45) is 2.14. The van der Waals surface area contributed by atoms with E-state index in [4.69, 9.17) is 9.47 Å². The largest absolute Gasteiger partial charge is 0.486 e. The van der Waals surface area contributed by atoms with Gasteiger partial charge in [0.25, 0.3) is 11.8 Å². The second-order valence-corrected chi connectivity index (χ2v) is 6.84. The molecule has 1 aromatic carbocycles. The highest BCUT2D eigenvalue weighted by atomic mass is 16.6. The van der Waals surface area contributed by atoms with Crippen molar-refractivity contribution in [2.75, 3.05) is 33.4 Å². The molecule has 1 aromatic rings. The van der Waals surface area contributed by atoms with Crippen molar-refractivity contribution in [1.82, 2.24) is 10.6 Å². The van der Waals surface area contributed by atoms with Gasteiger partial charge in [-0.1, -0.05) is 6.07 Å². The van der Waals surface area contributed by atoms with E-state index in [2.05, 4.69) is 10.6 Å². The molecule has 1 unspecified atom stereocenters. The molecule has 0 radical (unpaired) electrons.